The van der Waals surface area contributed by atoms with Crippen molar-refractivity contribution in [1.82, 2.24) is 5.32 Å². The van der Waals surface area contributed by atoms with Crippen LogP contribution in [-0.2, 0) is 0 Å². The number of anilines is 3. The van der Waals surface area contributed by atoms with Gasteiger partial charge in [0, 0.05) is 26.2 Å². The van der Waals surface area contributed by atoms with Crippen molar-refractivity contribution >= 4 is 23.0 Å². The van der Waals surface area contributed by atoms with Crippen molar-refractivity contribution < 1.29 is 18.0 Å². The van der Waals surface area contributed by atoms with Crippen LogP contribution < -0.4 is 21.3 Å². The van der Waals surface area contributed by atoms with Gasteiger partial charge in [-0.3, -0.25) is 4.79 Å². The molecule has 30 heavy (non-hydrogen) atoms. The van der Waals surface area contributed by atoms with E-state index in [-0.39, 0.29) is 24.8 Å². The zero-order valence-electron chi connectivity index (χ0n) is 17.4. The van der Waals surface area contributed by atoms with E-state index < -0.39 is 12.1 Å². The number of benzene rings is 1. The molecule has 166 valence electrons. The standard InChI is InChI=1S/C22H31F3N4O/c1-27-19-10-20(29-11-13-3-2-4-14(13)12-29)17(9-18(19)26)21(30)28-16-7-5-15(6-8-16)22(23,24)25/h9-10,13-16,27H,2-8,11-12,26H2,1H3,(H,28,30)/t13?,14?,15-,16-. The smallest absolute Gasteiger partial charge is 0.391 e. The fraction of sp³-hybridized carbons (Fsp3) is 0.682. The lowest BCUT2D eigenvalue weighted by atomic mass is 9.85. The van der Waals surface area contributed by atoms with Crippen LogP contribution in [0.15, 0.2) is 12.1 Å². The van der Waals surface area contributed by atoms with Gasteiger partial charge in [-0.15, -0.1) is 0 Å². The number of fused-ring (bicyclic) bond motifs is 1. The number of carbonyl (C=O) groups excluding carboxylic acids is 1. The second-order valence-corrected chi connectivity index (χ2v) is 9.13. The third kappa shape index (κ3) is 4.18. The van der Waals surface area contributed by atoms with Gasteiger partial charge in [0.15, 0.2) is 0 Å². The second-order valence-electron chi connectivity index (χ2n) is 9.13. The molecule has 3 aliphatic rings. The first-order valence-electron chi connectivity index (χ1n) is 11.0. The summed E-state index contributed by atoms with van der Waals surface area (Å²) in [5.41, 5.74) is 8.80. The molecule has 2 aliphatic carbocycles. The molecule has 0 aromatic heterocycles. The van der Waals surface area contributed by atoms with Gasteiger partial charge in [0.25, 0.3) is 5.91 Å². The average molecular weight is 425 g/mol. The molecule has 5 nitrogen and oxygen atoms in total. The molecule has 1 aromatic carbocycles. The topological polar surface area (TPSA) is 70.4 Å². The molecule has 1 aliphatic heterocycles. The number of hydrogen-bond acceptors (Lipinski definition) is 4. The van der Waals surface area contributed by atoms with Crippen LogP contribution in [0.25, 0.3) is 0 Å². The monoisotopic (exact) mass is 424 g/mol. The third-order valence-electron chi connectivity index (χ3n) is 7.27. The molecule has 1 aromatic rings. The predicted molar refractivity (Wildman–Crippen MR) is 113 cm³/mol. The highest BCUT2D eigenvalue weighted by Gasteiger charge is 2.42. The lowest BCUT2D eigenvalue weighted by Crippen LogP contribution is -2.40. The van der Waals surface area contributed by atoms with E-state index in [0.29, 0.717) is 35.9 Å². The number of halogens is 3. The molecule has 8 heteroatoms. The van der Waals surface area contributed by atoms with Crippen LogP contribution in [0.2, 0.25) is 0 Å². The van der Waals surface area contributed by atoms with E-state index >= 15 is 0 Å². The minimum Gasteiger partial charge on any atom is -0.397 e. The van der Waals surface area contributed by atoms with Crippen LogP contribution in [0.4, 0.5) is 30.2 Å². The van der Waals surface area contributed by atoms with Crippen molar-refractivity contribution in [3.63, 3.8) is 0 Å². The SMILES string of the molecule is CNc1cc(N2CC3CCCC3C2)c(C(=O)N[C@H]2CC[C@H](C(F)(F)F)CC2)cc1N. The predicted octanol–water partition coefficient (Wildman–Crippen LogP) is 4.40. The first kappa shape index (κ1) is 21.1. The van der Waals surface area contributed by atoms with Crippen molar-refractivity contribution in [3.8, 4) is 0 Å². The Labute approximate surface area is 175 Å². The average Bonchev–Trinajstić information content (AvgIpc) is 3.29. The van der Waals surface area contributed by atoms with Gasteiger partial charge in [0.2, 0.25) is 0 Å². The number of rotatable bonds is 4. The minimum absolute atomic E-state index is 0.0671. The Bertz CT molecular complexity index is 777. The van der Waals surface area contributed by atoms with Gasteiger partial charge in [-0.1, -0.05) is 6.42 Å². The van der Waals surface area contributed by atoms with E-state index in [4.69, 9.17) is 5.73 Å². The number of hydrogen-bond donors (Lipinski definition) is 3. The first-order valence-corrected chi connectivity index (χ1v) is 11.0. The van der Waals surface area contributed by atoms with E-state index in [2.05, 4.69) is 15.5 Å². The minimum atomic E-state index is -4.15. The summed E-state index contributed by atoms with van der Waals surface area (Å²) >= 11 is 0. The molecule has 2 saturated carbocycles. The lowest BCUT2D eigenvalue weighted by Gasteiger charge is -2.31. The highest BCUT2D eigenvalue weighted by molar-refractivity contribution is 6.02. The fourth-order valence-electron chi connectivity index (χ4n) is 5.52. The zero-order valence-corrected chi connectivity index (χ0v) is 17.4. The Morgan fingerprint density at radius 3 is 2.27 bits per heavy atom. The molecular formula is C22H31F3N4O. The van der Waals surface area contributed by atoms with Gasteiger partial charge in [-0.2, -0.15) is 13.2 Å². The maximum atomic E-state index is 13.1. The van der Waals surface area contributed by atoms with Crippen molar-refractivity contribution in [2.45, 2.75) is 57.2 Å². The maximum absolute atomic E-state index is 13.1. The highest BCUT2D eigenvalue weighted by atomic mass is 19.4. The largest absolute Gasteiger partial charge is 0.397 e. The molecule has 4 N–H and O–H groups in total. The number of nitrogens with two attached hydrogens (primary N) is 1. The Morgan fingerprint density at radius 2 is 1.70 bits per heavy atom. The zero-order chi connectivity index (χ0) is 21.5. The van der Waals surface area contributed by atoms with Crippen LogP contribution in [-0.4, -0.2) is 38.3 Å². The summed E-state index contributed by atoms with van der Waals surface area (Å²) in [7, 11) is 1.80. The van der Waals surface area contributed by atoms with Gasteiger partial charge in [0.1, 0.15) is 0 Å². The Hall–Kier alpha value is -2.12. The molecule has 3 fully saturated rings. The van der Waals surface area contributed by atoms with Crippen molar-refractivity contribution in [2.75, 3.05) is 36.1 Å². The van der Waals surface area contributed by atoms with Crippen LogP contribution in [0.3, 0.4) is 0 Å². The van der Waals surface area contributed by atoms with Crippen molar-refractivity contribution in [1.29, 1.82) is 0 Å². The number of amides is 1. The van der Waals surface area contributed by atoms with Crippen LogP contribution in [0.1, 0.15) is 55.3 Å². The summed E-state index contributed by atoms with van der Waals surface area (Å²) in [5.74, 6) is -0.147. The third-order valence-corrected chi connectivity index (χ3v) is 7.27. The number of nitrogens with zero attached hydrogens (tertiary/aromatic N) is 1. The summed E-state index contributed by atoms with van der Waals surface area (Å²) in [6, 6.07) is 3.41. The highest BCUT2D eigenvalue weighted by Crippen LogP contribution is 2.42. The summed E-state index contributed by atoms with van der Waals surface area (Å²) in [6.45, 7) is 1.88. The lowest BCUT2D eigenvalue weighted by molar-refractivity contribution is -0.182. The molecule has 2 atom stereocenters. The molecule has 4 rings (SSSR count). The van der Waals surface area contributed by atoms with Crippen molar-refractivity contribution in [2.24, 2.45) is 17.8 Å². The van der Waals surface area contributed by atoms with E-state index in [1.165, 1.54) is 19.3 Å². The molecule has 1 amide bonds. The van der Waals surface area contributed by atoms with E-state index in [1.54, 1.807) is 13.1 Å². The van der Waals surface area contributed by atoms with Crippen LogP contribution in [0, 0.1) is 17.8 Å². The van der Waals surface area contributed by atoms with Gasteiger partial charge < -0.3 is 21.3 Å². The molecule has 1 heterocycles. The number of carbonyl (C=O) groups is 1. The van der Waals surface area contributed by atoms with E-state index in [0.717, 1.165) is 24.5 Å². The van der Waals surface area contributed by atoms with Gasteiger partial charge in [-0.25, -0.2) is 0 Å². The maximum Gasteiger partial charge on any atom is 0.391 e. The Balaban J connectivity index is 1.50. The molecule has 0 spiro atoms. The molecule has 0 bridgehead atoms. The van der Waals surface area contributed by atoms with Crippen LogP contribution in [0.5, 0.6) is 0 Å². The van der Waals surface area contributed by atoms with E-state index in [1.807, 2.05) is 6.07 Å². The van der Waals surface area contributed by atoms with Gasteiger partial charge in [-0.05, 0) is 62.5 Å². The Morgan fingerprint density at radius 1 is 1.07 bits per heavy atom. The first-order chi connectivity index (χ1) is 14.3. The normalized spacial score (nSPS) is 29.0. The number of alkyl halides is 3. The summed E-state index contributed by atoms with van der Waals surface area (Å²) in [6.07, 6.45) is 0.438. The van der Waals surface area contributed by atoms with Crippen molar-refractivity contribution in [3.05, 3.63) is 17.7 Å². The molecule has 1 saturated heterocycles. The Kier molecular flexibility index (Phi) is 5.77. The molecule has 0 radical (unpaired) electrons. The summed E-state index contributed by atoms with van der Waals surface area (Å²) in [5, 5.41) is 6.06. The van der Waals surface area contributed by atoms with E-state index in [9.17, 15) is 18.0 Å². The summed E-state index contributed by atoms with van der Waals surface area (Å²) < 4.78 is 38.8. The van der Waals surface area contributed by atoms with Crippen LogP contribution >= 0.6 is 0 Å². The quantitative estimate of drug-likeness (QED) is 0.627. The van der Waals surface area contributed by atoms with Gasteiger partial charge in [0.05, 0.1) is 28.5 Å². The molecule has 2 unspecified atom stereocenters. The number of nitrogen functional groups attached to an aromatic ring is 1. The van der Waals surface area contributed by atoms with Gasteiger partial charge >= 0.3 is 6.18 Å². The fourth-order valence-corrected chi connectivity index (χ4v) is 5.52. The second kappa shape index (κ2) is 8.19. The number of nitrogens with one attached hydrogen (secondary N) is 2. The summed E-state index contributed by atoms with van der Waals surface area (Å²) in [4.78, 5) is 15.4. The molecular weight excluding hydrogens is 393 g/mol.